The van der Waals surface area contributed by atoms with Crippen molar-refractivity contribution in [3.05, 3.63) is 107 Å². The molecular weight excluding hydrogens is 439 g/mol. The van der Waals surface area contributed by atoms with E-state index in [0.29, 0.717) is 21.5 Å². The molecule has 0 saturated heterocycles. The van der Waals surface area contributed by atoms with Gasteiger partial charge in [0.05, 0.1) is 10.0 Å². The fourth-order valence-corrected chi connectivity index (χ4v) is 3.66. The average molecular weight is 459 g/mol. The van der Waals surface area contributed by atoms with E-state index in [-0.39, 0.29) is 13.2 Å². The molecule has 4 rings (SSSR count). The first kappa shape index (κ1) is 21.8. The molecule has 0 saturated carbocycles. The molecule has 0 spiro atoms. The standard InChI is InChI=1S/C28H20Cl2O2/c29-25-19-23(21-9-3-1-4-10-21)13-15-27(25)31-17-7-8-18-32-28-16-14-24(20-26(28)30)22-11-5-2-6-12-22/h1-6,9-16,19-20H,17-18H2. The molecule has 0 N–H and O–H groups in total. The fourth-order valence-electron chi connectivity index (χ4n) is 3.19. The van der Waals surface area contributed by atoms with Gasteiger partial charge in [-0.05, 0) is 46.5 Å². The van der Waals surface area contributed by atoms with Gasteiger partial charge in [-0.25, -0.2) is 0 Å². The molecule has 0 aliphatic rings. The molecule has 0 aliphatic heterocycles. The Morgan fingerprint density at radius 2 is 0.906 bits per heavy atom. The molecule has 4 aromatic carbocycles. The van der Waals surface area contributed by atoms with Crippen LogP contribution in [0.3, 0.4) is 0 Å². The maximum atomic E-state index is 6.36. The van der Waals surface area contributed by atoms with Crippen molar-refractivity contribution >= 4 is 23.2 Å². The van der Waals surface area contributed by atoms with Crippen LogP contribution in [0.2, 0.25) is 10.0 Å². The minimum atomic E-state index is 0.217. The number of rotatable bonds is 6. The van der Waals surface area contributed by atoms with Crippen LogP contribution in [-0.2, 0) is 0 Å². The minimum Gasteiger partial charge on any atom is -0.479 e. The summed E-state index contributed by atoms with van der Waals surface area (Å²) in [5.74, 6) is 7.07. The van der Waals surface area contributed by atoms with Gasteiger partial charge in [-0.1, -0.05) is 108 Å². The summed E-state index contributed by atoms with van der Waals surface area (Å²) in [7, 11) is 0. The summed E-state index contributed by atoms with van der Waals surface area (Å²) in [6, 6.07) is 31.6. The highest BCUT2D eigenvalue weighted by molar-refractivity contribution is 6.32. The molecule has 0 heterocycles. The van der Waals surface area contributed by atoms with Gasteiger partial charge in [0.15, 0.2) is 0 Å². The van der Waals surface area contributed by atoms with Gasteiger partial charge in [0.25, 0.3) is 0 Å². The molecule has 2 nitrogen and oxygen atoms in total. The molecule has 4 heteroatoms. The summed E-state index contributed by atoms with van der Waals surface area (Å²) >= 11 is 12.7. The van der Waals surface area contributed by atoms with Crippen molar-refractivity contribution in [3.8, 4) is 45.6 Å². The molecule has 0 bridgehead atoms. The van der Waals surface area contributed by atoms with Crippen molar-refractivity contribution in [2.24, 2.45) is 0 Å². The lowest BCUT2D eigenvalue weighted by atomic mass is 10.1. The van der Waals surface area contributed by atoms with E-state index in [2.05, 4.69) is 11.8 Å². The second-order valence-electron chi connectivity index (χ2n) is 6.95. The predicted octanol–water partition coefficient (Wildman–Crippen LogP) is 7.79. The first-order chi connectivity index (χ1) is 15.7. The van der Waals surface area contributed by atoms with Gasteiger partial charge in [-0.2, -0.15) is 0 Å². The van der Waals surface area contributed by atoms with E-state index in [1.54, 1.807) is 0 Å². The van der Waals surface area contributed by atoms with E-state index in [9.17, 15) is 0 Å². The zero-order chi connectivity index (χ0) is 22.2. The van der Waals surface area contributed by atoms with Crippen molar-refractivity contribution in [2.75, 3.05) is 13.2 Å². The molecule has 0 aromatic heterocycles. The van der Waals surface area contributed by atoms with Gasteiger partial charge in [0.1, 0.15) is 24.7 Å². The second kappa shape index (κ2) is 10.8. The maximum absolute atomic E-state index is 6.36. The molecule has 0 unspecified atom stereocenters. The van der Waals surface area contributed by atoms with Gasteiger partial charge >= 0.3 is 0 Å². The Morgan fingerprint density at radius 3 is 1.28 bits per heavy atom. The summed E-state index contributed by atoms with van der Waals surface area (Å²) in [5, 5.41) is 1.10. The van der Waals surface area contributed by atoms with Gasteiger partial charge in [-0.3, -0.25) is 0 Å². The molecule has 0 fully saturated rings. The minimum absolute atomic E-state index is 0.217. The van der Waals surface area contributed by atoms with E-state index < -0.39 is 0 Å². The van der Waals surface area contributed by atoms with Crippen LogP contribution in [0.15, 0.2) is 97.1 Å². The summed E-state index contributed by atoms with van der Waals surface area (Å²) in [6.45, 7) is 0.433. The largest absolute Gasteiger partial charge is 0.479 e. The molecule has 32 heavy (non-hydrogen) atoms. The van der Waals surface area contributed by atoms with Crippen LogP contribution >= 0.6 is 23.2 Å². The van der Waals surface area contributed by atoms with Crippen molar-refractivity contribution in [1.82, 2.24) is 0 Å². The van der Waals surface area contributed by atoms with Crippen LogP contribution in [0.5, 0.6) is 11.5 Å². The molecule has 4 aromatic rings. The van der Waals surface area contributed by atoms with E-state index in [4.69, 9.17) is 32.7 Å². The van der Waals surface area contributed by atoms with Crippen molar-refractivity contribution in [2.45, 2.75) is 0 Å². The predicted molar refractivity (Wildman–Crippen MR) is 133 cm³/mol. The van der Waals surface area contributed by atoms with E-state index in [1.807, 2.05) is 97.1 Å². The number of hydrogen-bond donors (Lipinski definition) is 0. The van der Waals surface area contributed by atoms with Gasteiger partial charge in [-0.15, -0.1) is 0 Å². The second-order valence-corrected chi connectivity index (χ2v) is 7.77. The van der Waals surface area contributed by atoms with Crippen LogP contribution in [0.1, 0.15) is 0 Å². The smallest absolute Gasteiger partial charge is 0.149 e. The van der Waals surface area contributed by atoms with Crippen molar-refractivity contribution in [3.63, 3.8) is 0 Å². The van der Waals surface area contributed by atoms with Crippen LogP contribution in [0.4, 0.5) is 0 Å². The highest BCUT2D eigenvalue weighted by Crippen LogP contribution is 2.31. The Labute approximate surface area is 198 Å². The highest BCUT2D eigenvalue weighted by atomic mass is 35.5. The number of hydrogen-bond acceptors (Lipinski definition) is 2. The molecule has 0 amide bonds. The van der Waals surface area contributed by atoms with Crippen molar-refractivity contribution in [1.29, 1.82) is 0 Å². The van der Waals surface area contributed by atoms with E-state index in [1.165, 1.54) is 0 Å². The third-order valence-corrected chi connectivity index (χ3v) is 5.39. The first-order valence-electron chi connectivity index (χ1n) is 10.1. The highest BCUT2D eigenvalue weighted by Gasteiger charge is 2.05. The molecular formula is C28H20Cl2O2. The number of halogens is 2. The average Bonchev–Trinajstić information content (AvgIpc) is 2.84. The molecule has 0 atom stereocenters. The fraction of sp³-hybridized carbons (Fsp3) is 0.0714. The van der Waals surface area contributed by atoms with Crippen LogP contribution in [0, 0.1) is 11.8 Å². The van der Waals surface area contributed by atoms with Crippen molar-refractivity contribution < 1.29 is 9.47 Å². The Hall–Kier alpha value is -3.38. The Bertz CT molecular complexity index is 1150. The zero-order valence-corrected chi connectivity index (χ0v) is 18.7. The Morgan fingerprint density at radius 1 is 0.500 bits per heavy atom. The van der Waals surface area contributed by atoms with Crippen LogP contribution < -0.4 is 9.47 Å². The topological polar surface area (TPSA) is 18.5 Å². The van der Waals surface area contributed by atoms with Crippen LogP contribution in [-0.4, -0.2) is 13.2 Å². The monoisotopic (exact) mass is 458 g/mol. The lowest BCUT2D eigenvalue weighted by Gasteiger charge is -2.08. The van der Waals surface area contributed by atoms with E-state index >= 15 is 0 Å². The Kier molecular flexibility index (Phi) is 7.35. The van der Waals surface area contributed by atoms with Crippen LogP contribution in [0.25, 0.3) is 22.3 Å². The summed E-state index contributed by atoms with van der Waals surface area (Å²) in [5.41, 5.74) is 4.29. The normalized spacial score (nSPS) is 10.2. The van der Waals surface area contributed by atoms with Gasteiger partial charge < -0.3 is 9.47 Å². The lowest BCUT2D eigenvalue weighted by molar-refractivity contribution is 0.362. The lowest BCUT2D eigenvalue weighted by Crippen LogP contribution is -1.98. The maximum Gasteiger partial charge on any atom is 0.149 e. The third kappa shape index (κ3) is 5.65. The molecule has 0 aliphatic carbocycles. The Balaban J connectivity index is 1.29. The molecule has 158 valence electrons. The SMILES string of the molecule is Clc1cc(-c2ccccc2)ccc1OCC#CCOc1ccc(-c2ccccc2)cc1Cl. The number of ether oxygens (including phenoxy) is 2. The first-order valence-corrected chi connectivity index (χ1v) is 10.9. The summed E-state index contributed by atoms with van der Waals surface area (Å²) in [4.78, 5) is 0. The van der Waals surface area contributed by atoms with Gasteiger partial charge in [0.2, 0.25) is 0 Å². The zero-order valence-electron chi connectivity index (χ0n) is 17.2. The third-order valence-electron chi connectivity index (χ3n) is 4.80. The van der Waals surface area contributed by atoms with Gasteiger partial charge in [0, 0.05) is 0 Å². The number of benzene rings is 4. The molecule has 0 radical (unpaired) electrons. The quantitative estimate of drug-likeness (QED) is 0.274. The summed E-state index contributed by atoms with van der Waals surface area (Å²) < 4.78 is 11.4. The van der Waals surface area contributed by atoms with E-state index in [0.717, 1.165) is 22.3 Å². The summed E-state index contributed by atoms with van der Waals surface area (Å²) in [6.07, 6.45) is 0.